The summed E-state index contributed by atoms with van der Waals surface area (Å²) >= 11 is 6.43. The van der Waals surface area contributed by atoms with Crippen molar-refractivity contribution in [3.05, 3.63) is 172 Å². The van der Waals surface area contributed by atoms with Gasteiger partial charge in [-0.15, -0.1) is 0 Å². The quantitative estimate of drug-likeness (QED) is 0.0947. The van der Waals surface area contributed by atoms with E-state index in [2.05, 4.69) is 0 Å². The molecule has 0 spiro atoms. The van der Waals surface area contributed by atoms with Crippen LogP contribution < -0.4 is 14.5 Å². The highest BCUT2D eigenvalue weighted by atomic mass is 35.5. The number of rotatable bonds is 9. The lowest BCUT2D eigenvalue weighted by molar-refractivity contribution is -0.127. The van der Waals surface area contributed by atoms with Gasteiger partial charge in [0.25, 0.3) is 0 Å². The van der Waals surface area contributed by atoms with Crippen LogP contribution in [0.1, 0.15) is 45.8 Å². The number of fused-ring (bicyclic) bond motifs is 4. The fraction of sp³-hybridized carbons (Fsp3) is 0.213. The van der Waals surface area contributed by atoms with Gasteiger partial charge in [0.15, 0.2) is 5.78 Å². The standard InChI is InChI=1S/C47H37ClN2O7/c48-32-12-7-13-34(26-32)50-44(54)39-27-38-36(41(28-16-20-35(21-17-28)57-25-24-51)47(39,46(50)56)31-10-5-2-6-11-31)22-23-37-40(38)45(55)49(43(37)53)33-18-14-30(15-19-33)42(52)29-8-3-1-4-9-29/h1-22,26,37-41,51H,23-25,27H2. The van der Waals surface area contributed by atoms with Crippen LogP contribution in [0.4, 0.5) is 11.4 Å². The van der Waals surface area contributed by atoms with Gasteiger partial charge in [0.05, 0.1) is 41.2 Å². The molecule has 5 aromatic carbocycles. The minimum atomic E-state index is -1.41. The minimum absolute atomic E-state index is 0.107. The molecule has 2 heterocycles. The van der Waals surface area contributed by atoms with Crippen LogP contribution in [0.25, 0.3) is 0 Å². The van der Waals surface area contributed by atoms with Crippen LogP contribution >= 0.6 is 11.6 Å². The lowest BCUT2D eigenvalue weighted by Crippen LogP contribution is -2.53. The first-order valence-electron chi connectivity index (χ1n) is 19.0. The number of nitrogens with zero attached hydrogens (tertiary/aromatic N) is 2. The lowest BCUT2D eigenvalue weighted by Gasteiger charge is -2.50. The zero-order valence-corrected chi connectivity index (χ0v) is 31.4. The number of aliphatic hydroxyl groups excluding tert-OH is 1. The number of ether oxygens (including phenoxy) is 1. The third-order valence-electron chi connectivity index (χ3n) is 12.2. The molecular weight excluding hydrogens is 740 g/mol. The fourth-order valence-corrected chi connectivity index (χ4v) is 10.00. The molecule has 1 saturated carbocycles. The number of carbonyl (C=O) groups is 5. The Hall–Kier alpha value is -6.16. The van der Waals surface area contributed by atoms with E-state index in [0.29, 0.717) is 38.8 Å². The Morgan fingerprint density at radius 3 is 2.09 bits per heavy atom. The monoisotopic (exact) mass is 776 g/mol. The number of imide groups is 2. The summed E-state index contributed by atoms with van der Waals surface area (Å²) < 4.78 is 5.69. The van der Waals surface area contributed by atoms with Gasteiger partial charge in [-0.3, -0.25) is 28.9 Å². The Morgan fingerprint density at radius 2 is 1.40 bits per heavy atom. The highest BCUT2D eigenvalue weighted by Crippen LogP contribution is 2.64. The van der Waals surface area contributed by atoms with Crippen LogP contribution in [-0.2, 0) is 24.6 Å². The van der Waals surface area contributed by atoms with Crippen molar-refractivity contribution in [2.24, 2.45) is 23.7 Å². The van der Waals surface area contributed by atoms with Crippen LogP contribution in [0.5, 0.6) is 5.75 Å². The SMILES string of the molecule is O=C(c1ccccc1)c1ccc(N2C(=O)C3CC=C4C(CC5C(=O)N(c6cccc(Cl)c6)C(=O)C5(c5ccccc5)C4c4ccc(OCCO)cc4)C3C2=O)cc1. The van der Waals surface area contributed by atoms with E-state index in [1.165, 1.54) is 9.80 Å². The Morgan fingerprint density at radius 1 is 0.719 bits per heavy atom. The smallest absolute Gasteiger partial charge is 0.246 e. The summed E-state index contributed by atoms with van der Waals surface area (Å²) in [7, 11) is 0. The molecule has 2 aliphatic carbocycles. The molecule has 6 unspecified atom stereocenters. The van der Waals surface area contributed by atoms with Crippen molar-refractivity contribution in [1.29, 1.82) is 0 Å². The molecule has 4 aliphatic rings. The van der Waals surface area contributed by atoms with Crippen molar-refractivity contribution >= 4 is 52.4 Å². The van der Waals surface area contributed by atoms with Crippen molar-refractivity contribution in [3.8, 4) is 5.75 Å². The van der Waals surface area contributed by atoms with Crippen molar-refractivity contribution < 1.29 is 33.8 Å². The summed E-state index contributed by atoms with van der Waals surface area (Å²) in [5.41, 5.74) is 2.53. The normalized spacial score (nSPS) is 25.2. The number of aliphatic hydroxyl groups is 1. The molecule has 0 radical (unpaired) electrons. The number of hydrogen-bond donors (Lipinski definition) is 1. The summed E-state index contributed by atoms with van der Waals surface area (Å²) in [6.45, 7) is -0.0502. The van der Waals surface area contributed by atoms with Gasteiger partial charge in [0, 0.05) is 22.1 Å². The zero-order chi connectivity index (χ0) is 39.4. The Kier molecular flexibility index (Phi) is 9.22. The first-order valence-corrected chi connectivity index (χ1v) is 19.4. The molecule has 284 valence electrons. The maximum Gasteiger partial charge on any atom is 0.246 e. The van der Waals surface area contributed by atoms with E-state index in [9.17, 15) is 24.3 Å². The molecule has 10 heteroatoms. The molecule has 6 atom stereocenters. The van der Waals surface area contributed by atoms with Gasteiger partial charge in [-0.05, 0) is 84.5 Å². The van der Waals surface area contributed by atoms with Gasteiger partial charge < -0.3 is 9.84 Å². The fourth-order valence-electron chi connectivity index (χ4n) is 9.81. The van der Waals surface area contributed by atoms with Gasteiger partial charge >= 0.3 is 0 Å². The molecule has 0 bridgehead atoms. The molecule has 3 fully saturated rings. The van der Waals surface area contributed by atoms with Crippen molar-refractivity contribution in [2.45, 2.75) is 24.2 Å². The van der Waals surface area contributed by atoms with E-state index >= 15 is 4.79 Å². The van der Waals surface area contributed by atoms with Gasteiger partial charge in [0.1, 0.15) is 12.4 Å². The van der Waals surface area contributed by atoms with Crippen LogP contribution in [0.3, 0.4) is 0 Å². The average Bonchev–Trinajstić information content (AvgIpc) is 3.64. The van der Waals surface area contributed by atoms with E-state index < -0.39 is 46.8 Å². The van der Waals surface area contributed by atoms with Gasteiger partial charge in [-0.1, -0.05) is 102 Å². The van der Waals surface area contributed by atoms with Crippen LogP contribution in [0.15, 0.2) is 145 Å². The van der Waals surface area contributed by atoms with Crippen LogP contribution in [-0.4, -0.2) is 47.7 Å². The number of amides is 4. The maximum atomic E-state index is 15.4. The molecular formula is C47H37ClN2O7. The second-order valence-electron chi connectivity index (χ2n) is 15.0. The average molecular weight is 777 g/mol. The molecule has 4 amide bonds. The highest BCUT2D eigenvalue weighted by molar-refractivity contribution is 6.32. The number of ketones is 1. The topological polar surface area (TPSA) is 121 Å². The molecule has 9 rings (SSSR count). The van der Waals surface area contributed by atoms with Crippen LogP contribution in [0.2, 0.25) is 5.02 Å². The predicted molar refractivity (Wildman–Crippen MR) is 214 cm³/mol. The van der Waals surface area contributed by atoms with Gasteiger partial charge in [-0.2, -0.15) is 0 Å². The number of carbonyl (C=O) groups excluding carboxylic acids is 5. The Bertz CT molecular complexity index is 2450. The minimum Gasteiger partial charge on any atom is -0.491 e. The largest absolute Gasteiger partial charge is 0.491 e. The van der Waals surface area contributed by atoms with Crippen molar-refractivity contribution in [2.75, 3.05) is 23.0 Å². The second kappa shape index (κ2) is 14.4. The van der Waals surface area contributed by atoms with Crippen molar-refractivity contribution in [1.82, 2.24) is 0 Å². The number of allylic oxidation sites excluding steroid dienone is 2. The number of anilines is 2. The number of hydrogen-bond acceptors (Lipinski definition) is 7. The van der Waals surface area contributed by atoms with E-state index in [1.807, 2.05) is 54.6 Å². The number of benzene rings is 5. The first kappa shape index (κ1) is 36.5. The maximum absolute atomic E-state index is 15.4. The predicted octanol–water partition coefficient (Wildman–Crippen LogP) is 7.31. The van der Waals surface area contributed by atoms with Gasteiger partial charge in [-0.25, -0.2) is 4.90 Å². The molecule has 2 saturated heterocycles. The molecule has 57 heavy (non-hydrogen) atoms. The Balaban J connectivity index is 1.16. The first-order chi connectivity index (χ1) is 27.7. The summed E-state index contributed by atoms with van der Waals surface area (Å²) in [5.74, 6) is -4.73. The lowest BCUT2D eigenvalue weighted by atomic mass is 9.49. The third kappa shape index (κ3) is 5.75. The second-order valence-corrected chi connectivity index (χ2v) is 15.4. The molecule has 9 nitrogen and oxygen atoms in total. The number of halogens is 1. The molecule has 2 aliphatic heterocycles. The summed E-state index contributed by atoms with van der Waals surface area (Å²) in [5, 5.41) is 9.74. The summed E-state index contributed by atoms with van der Waals surface area (Å²) in [6.07, 6.45) is 2.45. The third-order valence-corrected chi connectivity index (χ3v) is 12.4. The van der Waals surface area contributed by atoms with E-state index in [-0.39, 0.29) is 43.7 Å². The van der Waals surface area contributed by atoms with Crippen molar-refractivity contribution in [3.63, 3.8) is 0 Å². The van der Waals surface area contributed by atoms with Gasteiger partial charge in [0.2, 0.25) is 23.6 Å². The van der Waals surface area contributed by atoms with Crippen LogP contribution in [0, 0.1) is 23.7 Å². The highest BCUT2D eigenvalue weighted by Gasteiger charge is 2.70. The zero-order valence-electron chi connectivity index (χ0n) is 30.7. The summed E-state index contributed by atoms with van der Waals surface area (Å²) in [4.78, 5) is 75.1. The molecule has 5 aromatic rings. The Labute approximate surface area is 334 Å². The molecule has 0 aromatic heterocycles. The summed E-state index contributed by atoms with van der Waals surface area (Å²) in [6, 6.07) is 38.7. The van der Waals surface area contributed by atoms with E-state index in [0.717, 1.165) is 11.1 Å². The van der Waals surface area contributed by atoms with E-state index in [4.69, 9.17) is 16.3 Å². The van der Waals surface area contributed by atoms with E-state index in [1.54, 1.807) is 84.9 Å². The molecule has 1 N–H and O–H groups in total.